The molecule has 0 aliphatic rings. The molecular weight excluding hydrogens is 141 g/mol. The molecule has 0 atom stereocenters. The second-order valence-corrected chi connectivity index (χ2v) is 1.53. The van der Waals surface area contributed by atoms with E-state index in [4.69, 9.17) is 0 Å². The Hall–Kier alpha value is -0.990. The average Bonchev–Trinajstić information content (AvgIpc) is 1.88. The molecule has 0 aliphatic heterocycles. The second-order valence-electron chi connectivity index (χ2n) is 1.53. The first-order valence-electron chi connectivity index (χ1n) is 2.65. The van der Waals surface area contributed by atoms with E-state index < -0.39 is 11.9 Å². The Morgan fingerprint density at radius 1 is 1.30 bits per heavy atom. The third-order valence-corrected chi connectivity index (χ3v) is 0.774. The molecule has 56 valence electrons. The fourth-order valence-corrected chi connectivity index (χ4v) is 0.345. The van der Waals surface area contributed by atoms with E-state index in [2.05, 4.69) is 6.58 Å². The molecule has 0 N–H and O–H groups in total. The Kier molecular flexibility index (Phi) is 4.37. The number of rotatable bonds is 3. The summed E-state index contributed by atoms with van der Waals surface area (Å²) in [4.78, 5) is 0. The Morgan fingerprint density at radius 2 is 1.90 bits per heavy atom. The third-order valence-electron chi connectivity index (χ3n) is 0.774. The van der Waals surface area contributed by atoms with E-state index in [1.54, 1.807) is 0 Å². The lowest BCUT2D eigenvalue weighted by atomic mass is 10.3. The molecule has 0 spiro atoms. The zero-order chi connectivity index (χ0) is 7.98. The van der Waals surface area contributed by atoms with Crippen LogP contribution < -0.4 is 0 Å². The van der Waals surface area contributed by atoms with Gasteiger partial charge in [-0.25, -0.2) is 4.39 Å². The van der Waals surface area contributed by atoms with Crippen LogP contribution in [0.4, 0.5) is 13.2 Å². The van der Waals surface area contributed by atoms with Crippen molar-refractivity contribution >= 4 is 0 Å². The normalized spacial score (nSPS) is 9.90. The van der Waals surface area contributed by atoms with Gasteiger partial charge in [-0.1, -0.05) is 24.8 Å². The fraction of sp³-hybridized carbons (Fsp3) is 0.143. The van der Waals surface area contributed by atoms with E-state index >= 15 is 0 Å². The van der Waals surface area contributed by atoms with Gasteiger partial charge in [0.2, 0.25) is 0 Å². The van der Waals surface area contributed by atoms with Crippen molar-refractivity contribution in [2.75, 3.05) is 0 Å². The summed E-state index contributed by atoms with van der Waals surface area (Å²) in [6, 6.07) is 0. The van der Waals surface area contributed by atoms with Crippen molar-refractivity contribution in [3.63, 3.8) is 0 Å². The molecule has 0 aliphatic carbocycles. The van der Waals surface area contributed by atoms with Gasteiger partial charge >= 0.3 is 6.08 Å². The van der Waals surface area contributed by atoms with Gasteiger partial charge in [-0.2, -0.15) is 8.78 Å². The molecule has 3 heteroatoms. The van der Waals surface area contributed by atoms with E-state index in [1.807, 2.05) is 0 Å². The van der Waals surface area contributed by atoms with Crippen LogP contribution in [0.3, 0.4) is 0 Å². The molecule has 0 aromatic heterocycles. The Balaban J connectivity index is 3.81. The van der Waals surface area contributed by atoms with Crippen LogP contribution in [0.2, 0.25) is 0 Å². The van der Waals surface area contributed by atoms with Crippen molar-refractivity contribution in [2.24, 2.45) is 0 Å². The highest BCUT2D eigenvalue weighted by Gasteiger charge is 2.00. The Labute approximate surface area is 57.4 Å². The molecule has 0 bridgehead atoms. The maximum atomic E-state index is 11.9. The molecule has 0 amide bonds. The lowest BCUT2D eigenvalue weighted by Crippen LogP contribution is -1.71. The van der Waals surface area contributed by atoms with Gasteiger partial charge in [0.15, 0.2) is 5.83 Å². The SMILES string of the molecule is C=CC=CCC(F)=C(F)F. The summed E-state index contributed by atoms with van der Waals surface area (Å²) < 4.78 is 34.5. The predicted octanol–water partition coefficient (Wildman–Crippen LogP) is 3.20. The molecule has 0 aromatic rings. The van der Waals surface area contributed by atoms with E-state index in [1.165, 1.54) is 18.2 Å². The summed E-state index contributed by atoms with van der Waals surface area (Å²) in [5.41, 5.74) is 0. The fourth-order valence-electron chi connectivity index (χ4n) is 0.345. The van der Waals surface area contributed by atoms with Crippen molar-refractivity contribution in [3.05, 3.63) is 36.7 Å². The number of hydrogen-bond donors (Lipinski definition) is 0. The van der Waals surface area contributed by atoms with E-state index in [-0.39, 0.29) is 6.42 Å². The van der Waals surface area contributed by atoms with Crippen LogP contribution in [-0.2, 0) is 0 Å². The molecule has 0 fully saturated rings. The van der Waals surface area contributed by atoms with Crippen LogP contribution in [0.25, 0.3) is 0 Å². The molecule has 0 heterocycles. The molecule has 0 aromatic carbocycles. The minimum absolute atomic E-state index is 0.367. The molecule has 0 radical (unpaired) electrons. The standard InChI is InChI=1S/C7H7F3/c1-2-3-4-5-6(8)7(9)10/h2-4H,1,5H2. The van der Waals surface area contributed by atoms with Crippen molar-refractivity contribution in [3.8, 4) is 0 Å². The number of halogens is 3. The van der Waals surface area contributed by atoms with E-state index in [9.17, 15) is 13.2 Å². The average molecular weight is 148 g/mol. The maximum absolute atomic E-state index is 11.9. The topological polar surface area (TPSA) is 0 Å². The molecule has 0 saturated heterocycles. The highest BCUT2D eigenvalue weighted by molar-refractivity contribution is 5.04. The largest absolute Gasteiger partial charge is 0.301 e. The molecule has 10 heavy (non-hydrogen) atoms. The van der Waals surface area contributed by atoms with Crippen molar-refractivity contribution in [1.82, 2.24) is 0 Å². The lowest BCUT2D eigenvalue weighted by molar-refractivity contribution is 0.375. The summed E-state index contributed by atoms with van der Waals surface area (Å²) in [6.07, 6.45) is 1.44. The van der Waals surface area contributed by atoms with Crippen LogP contribution in [0.1, 0.15) is 6.42 Å². The summed E-state index contributed by atoms with van der Waals surface area (Å²) in [5, 5.41) is 0. The third kappa shape index (κ3) is 3.95. The summed E-state index contributed by atoms with van der Waals surface area (Å²) in [5.74, 6) is -1.39. The summed E-state index contributed by atoms with van der Waals surface area (Å²) in [7, 11) is 0. The van der Waals surface area contributed by atoms with Gasteiger partial charge in [0.1, 0.15) is 0 Å². The van der Waals surface area contributed by atoms with Crippen molar-refractivity contribution in [2.45, 2.75) is 6.42 Å². The molecule has 0 nitrogen and oxygen atoms in total. The van der Waals surface area contributed by atoms with Gasteiger partial charge in [0.05, 0.1) is 0 Å². The van der Waals surface area contributed by atoms with Gasteiger partial charge < -0.3 is 0 Å². The Morgan fingerprint density at radius 3 is 2.30 bits per heavy atom. The smallest absolute Gasteiger partial charge is 0.206 e. The molecule has 0 unspecified atom stereocenters. The Bertz CT molecular complexity index is 164. The second kappa shape index (κ2) is 4.85. The van der Waals surface area contributed by atoms with Gasteiger partial charge in [-0.05, 0) is 0 Å². The van der Waals surface area contributed by atoms with Crippen LogP contribution >= 0.6 is 0 Å². The summed E-state index contributed by atoms with van der Waals surface area (Å²) >= 11 is 0. The first-order chi connectivity index (χ1) is 4.68. The van der Waals surface area contributed by atoms with Gasteiger partial charge in [-0.3, -0.25) is 0 Å². The zero-order valence-electron chi connectivity index (χ0n) is 5.28. The quantitative estimate of drug-likeness (QED) is 0.539. The lowest BCUT2D eigenvalue weighted by Gasteiger charge is -1.85. The molecule has 0 saturated carbocycles. The van der Waals surface area contributed by atoms with E-state index in [0.29, 0.717) is 0 Å². The zero-order valence-corrected chi connectivity index (χ0v) is 5.28. The van der Waals surface area contributed by atoms with Gasteiger partial charge in [0.25, 0.3) is 0 Å². The van der Waals surface area contributed by atoms with Crippen LogP contribution in [0, 0.1) is 0 Å². The number of hydrogen-bond acceptors (Lipinski definition) is 0. The van der Waals surface area contributed by atoms with Crippen molar-refractivity contribution < 1.29 is 13.2 Å². The first-order valence-corrected chi connectivity index (χ1v) is 2.65. The van der Waals surface area contributed by atoms with Crippen LogP contribution in [0.15, 0.2) is 36.7 Å². The minimum atomic E-state index is -2.26. The van der Waals surface area contributed by atoms with Crippen molar-refractivity contribution in [1.29, 1.82) is 0 Å². The highest BCUT2D eigenvalue weighted by atomic mass is 19.3. The minimum Gasteiger partial charge on any atom is -0.206 e. The first kappa shape index (κ1) is 9.01. The number of allylic oxidation sites excluding steroid dienone is 4. The molecular formula is C7H7F3. The van der Waals surface area contributed by atoms with Gasteiger partial charge in [0, 0.05) is 6.42 Å². The molecule has 0 rings (SSSR count). The van der Waals surface area contributed by atoms with Crippen LogP contribution in [0.5, 0.6) is 0 Å². The van der Waals surface area contributed by atoms with Crippen LogP contribution in [-0.4, -0.2) is 0 Å². The monoisotopic (exact) mass is 148 g/mol. The predicted molar refractivity (Wildman–Crippen MR) is 34.3 cm³/mol. The maximum Gasteiger partial charge on any atom is 0.301 e. The highest BCUT2D eigenvalue weighted by Crippen LogP contribution is 2.12. The van der Waals surface area contributed by atoms with E-state index in [0.717, 1.165) is 0 Å². The summed E-state index contributed by atoms with van der Waals surface area (Å²) in [6.45, 7) is 3.29. The van der Waals surface area contributed by atoms with Gasteiger partial charge in [-0.15, -0.1) is 0 Å².